The van der Waals surface area contributed by atoms with Gasteiger partial charge in [-0.05, 0) is 44.9 Å². The number of quaternary nitrogens is 1. The highest BCUT2D eigenvalue weighted by atomic mass is 16.7. The summed E-state index contributed by atoms with van der Waals surface area (Å²) in [7, 11) is 4.84. The molecule has 39 heavy (non-hydrogen) atoms. The van der Waals surface area contributed by atoms with Gasteiger partial charge >= 0.3 is 12.0 Å². The Hall–Kier alpha value is -3.12. The van der Waals surface area contributed by atoms with Crippen LogP contribution >= 0.6 is 0 Å². The lowest BCUT2D eigenvalue weighted by Crippen LogP contribution is -2.47. The van der Waals surface area contributed by atoms with E-state index in [1.165, 1.54) is 4.90 Å². The normalized spacial score (nSPS) is 21.6. The predicted octanol–water partition coefficient (Wildman–Crippen LogP) is 4.73. The van der Waals surface area contributed by atoms with Gasteiger partial charge in [-0.15, -0.1) is 0 Å². The largest absolute Gasteiger partial charge is 0.496 e. The lowest BCUT2D eigenvalue weighted by atomic mass is 10.0. The topological polar surface area (TPSA) is 108 Å². The molecule has 214 valence electrons. The van der Waals surface area contributed by atoms with Gasteiger partial charge in [0.1, 0.15) is 36.1 Å². The van der Waals surface area contributed by atoms with Crippen LogP contribution in [0.1, 0.15) is 52.2 Å². The van der Waals surface area contributed by atoms with Crippen LogP contribution in [0.25, 0.3) is 5.70 Å². The Morgan fingerprint density at radius 2 is 1.77 bits per heavy atom. The van der Waals surface area contributed by atoms with Crippen LogP contribution in [-0.4, -0.2) is 79.8 Å². The summed E-state index contributed by atoms with van der Waals surface area (Å²) in [5.41, 5.74) is 2.63. The number of fused-ring (bicyclic) bond motifs is 1. The molecule has 0 bridgehead atoms. The molecule has 1 aromatic carbocycles. The van der Waals surface area contributed by atoms with Crippen molar-refractivity contribution in [1.82, 2.24) is 4.90 Å². The monoisotopic (exact) mass is 546 g/mol. The van der Waals surface area contributed by atoms with E-state index >= 15 is 0 Å². The Kier molecular flexibility index (Phi) is 8.27. The maximum Gasteiger partial charge on any atom is 0.412 e. The number of carboxylic acid groups (broad SMARTS) is 1. The molecule has 11 heteroatoms. The van der Waals surface area contributed by atoms with Crippen molar-refractivity contribution in [2.75, 3.05) is 47.9 Å². The average Bonchev–Trinajstić information content (AvgIpc) is 3.31. The summed E-state index contributed by atoms with van der Waals surface area (Å²) in [5.74, 6) is 2.13. The number of hydrogen-bond acceptors (Lipinski definition) is 8. The molecule has 1 unspecified atom stereocenters. The van der Waals surface area contributed by atoms with E-state index in [-0.39, 0.29) is 17.3 Å². The average molecular weight is 547 g/mol. The number of methoxy groups -OCH3 is 3. The molecule has 11 nitrogen and oxygen atoms in total. The molecular formula is C28H40N3O8+. The first kappa shape index (κ1) is 28.9. The third kappa shape index (κ3) is 5.11. The summed E-state index contributed by atoms with van der Waals surface area (Å²) in [4.78, 5) is 14.0. The maximum atomic E-state index is 12.7. The van der Waals surface area contributed by atoms with Crippen LogP contribution in [0.5, 0.6) is 11.5 Å². The first-order valence-electron chi connectivity index (χ1n) is 13.1. The van der Waals surface area contributed by atoms with E-state index in [2.05, 4.69) is 0 Å². The fraction of sp³-hybridized carbons (Fsp3) is 0.571. The smallest absolute Gasteiger partial charge is 0.412 e. The van der Waals surface area contributed by atoms with Crippen LogP contribution in [-0.2, 0) is 25.6 Å². The minimum Gasteiger partial charge on any atom is -0.496 e. The van der Waals surface area contributed by atoms with E-state index in [9.17, 15) is 9.90 Å². The zero-order valence-electron chi connectivity index (χ0n) is 24.1. The minimum atomic E-state index is -1.08. The number of allylic oxidation sites excluding steroid dienone is 2. The third-order valence-electron chi connectivity index (χ3n) is 6.99. The van der Waals surface area contributed by atoms with Crippen LogP contribution in [0.4, 0.5) is 4.79 Å². The van der Waals surface area contributed by atoms with E-state index < -0.39 is 11.6 Å². The molecule has 0 saturated carbocycles. The molecule has 0 aromatic heterocycles. The fourth-order valence-corrected chi connectivity index (χ4v) is 5.55. The van der Waals surface area contributed by atoms with Gasteiger partial charge in [-0.3, -0.25) is 4.90 Å². The molecule has 1 fully saturated rings. The van der Waals surface area contributed by atoms with Crippen LogP contribution in [0.3, 0.4) is 0 Å². The second-order valence-corrected chi connectivity index (χ2v) is 10.8. The van der Waals surface area contributed by atoms with Crippen LogP contribution in [0.15, 0.2) is 34.6 Å². The molecule has 3 aliphatic rings. The van der Waals surface area contributed by atoms with Crippen molar-refractivity contribution >= 4 is 17.5 Å². The molecule has 0 radical (unpaired) electrons. The van der Waals surface area contributed by atoms with E-state index in [1.807, 2.05) is 46.8 Å². The molecule has 1 saturated heterocycles. The molecule has 1 N–H and O–H groups in total. The van der Waals surface area contributed by atoms with E-state index in [0.717, 1.165) is 5.56 Å². The van der Waals surface area contributed by atoms with Crippen molar-refractivity contribution in [2.45, 2.75) is 53.2 Å². The highest BCUT2D eigenvalue weighted by molar-refractivity contribution is 6.03. The Morgan fingerprint density at radius 1 is 1.15 bits per heavy atom. The van der Waals surface area contributed by atoms with Crippen molar-refractivity contribution in [2.24, 2.45) is 11.0 Å². The number of ether oxygens (including phenoxy) is 6. The van der Waals surface area contributed by atoms with Crippen molar-refractivity contribution in [3.8, 4) is 11.5 Å². The highest BCUT2D eigenvalue weighted by Gasteiger charge is 2.60. The molecule has 4 rings (SSSR count). The zero-order valence-corrected chi connectivity index (χ0v) is 24.1. The third-order valence-corrected chi connectivity index (χ3v) is 6.99. The summed E-state index contributed by atoms with van der Waals surface area (Å²) in [6.07, 6.45) is -0.572. The van der Waals surface area contributed by atoms with E-state index in [4.69, 9.17) is 33.5 Å². The molecule has 1 atom stereocenters. The van der Waals surface area contributed by atoms with Crippen molar-refractivity contribution in [1.29, 1.82) is 0 Å². The minimum absolute atomic E-state index is 0.0304. The van der Waals surface area contributed by atoms with Gasteiger partial charge in [0.05, 0.1) is 40.0 Å². The zero-order chi connectivity index (χ0) is 28.5. The van der Waals surface area contributed by atoms with Crippen LogP contribution < -0.4 is 9.47 Å². The molecule has 1 amide bonds. The van der Waals surface area contributed by atoms with Crippen molar-refractivity contribution < 1.29 is 42.9 Å². The molecule has 3 heterocycles. The molecule has 3 aliphatic heterocycles. The van der Waals surface area contributed by atoms with Crippen LogP contribution in [0, 0.1) is 5.92 Å². The molecule has 1 aromatic rings. The summed E-state index contributed by atoms with van der Waals surface area (Å²) in [6.45, 7) is 11.4. The van der Waals surface area contributed by atoms with Crippen molar-refractivity contribution in [3.63, 3.8) is 0 Å². The van der Waals surface area contributed by atoms with Gasteiger partial charge in [0, 0.05) is 19.6 Å². The summed E-state index contributed by atoms with van der Waals surface area (Å²) >= 11 is 0. The number of amides is 1. The van der Waals surface area contributed by atoms with Gasteiger partial charge in [0.2, 0.25) is 5.70 Å². The SMILES string of the molecule is CCC1=N[N+]2(CC3COCOC3)C(=C1N(C(=O)O)C(C)(C)C)OC(C)=C2c1c(OC)cc(COC)cc1OC. The van der Waals surface area contributed by atoms with E-state index in [0.29, 0.717) is 78.6 Å². The molecule has 0 aliphatic carbocycles. The Labute approximate surface area is 229 Å². The standard InChI is InChI=1S/C28H39N3O8/c1-9-20-24(30(27(32)33)28(3,4)5)26-31(29-20,12-19-14-37-16-38-15-19)25(17(2)39-26)23-21(35-7)10-18(13-34-6)11-22(23)36-8/h10-11,19H,9,12-16H2,1-8H3/p+1. The second kappa shape index (κ2) is 11.2. The fourth-order valence-electron chi connectivity index (χ4n) is 5.55. The number of nitrogens with zero attached hydrogens (tertiary/aromatic N) is 3. The number of rotatable bonds is 9. The van der Waals surface area contributed by atoms with E-state index in [1.54, 1.807) is 21.3 Å². The molecule has 0 spiro atoms. The lowest BCUT2D eigenvalue weighted by Gasteiger charge is -2.34. The van der Waals surface area contributed by atoms with Gasteiger partial charge in [0.25, 0.3) is 0 Å². The predicted molar refractivity (Wildman–Crippen MR) is 144 cm³/mol. The van der Waals surface area contributed by atoms with Gasteiger partial charge in [-0.1, -0.05) is 16.6 Å². The van der Waals surface area contributed by atoms with Crippen molar-refractivity contribution in [3.05, 3.63) is 40.6 Å². The Bertz CT molecular complexity index is 1180. The van der Waals surface area contributed by atoms with Gasteiger partial charge < -0.3 is 33.5 Å². The van der Waals surface area contributed by atoms with Gasteiger partial charge in [0.15, 0.2) is 11.5 Å². The first-order chi connectivity index (χ1) is 18.5. The quantitative estimate of drug-likeness (QED) is 0.443. The number of benzene rings is 1. The maximum absolute atomic E-state index is 12.7. The highest BCUT2D eigenvalue weighted by Crippen LogP contribution is 2.54. The lowest BCUT2D eigenvalue weighted by molar-refractivity contribution is -0.837. The number of carbonyl (C=O) groups is 1. The second-order valence-electron chi connectivity index (χ2n) is 10.8. The Morgan fingerprint density at radius 3 is 2.26 bits per heavy atom. The van der Waals surface area contributed by atoms with Crippen LogP contribution in [0.2, 0.25) is 0 Å². The summed E-state index contributed by atoms with van der Waals surface area (Å²) in [5, 5.41) is 15.6. The van der Waals surface area contributed by atoms with Gasteiger partial charge in [-0.2, -0.15) is 0 Å². The molecular weight excluding hydrogens is 506 g/mol. The summed E-state index contributed by atoms with van der Waals surface area (Å²) in [6, 6.07) is 3.82. The first-order valence-corrected chi connectivity index (χ1v) is 13.1. The number of hydrogen-bond donors (Lipinski definition) is 1. The Balaban J connectivity index is 2.02. The van der Waals surface area contributed by atoms with Gasteiger partial charge in [-0.25, -0.2) is 4.79 Å². The summed E-state index contributed by atoms with van der Waals surface area (Å²) < 4.78 is 34.9.